The Morgan fingerprint density at radius 1 is 0.441 bits per heavy atom. The van der Waals surface area contributed by atoms with Gasteiger partial charge >= 0.3 is 0 Å². The van der Waals surface area contributed by atoms with Crippen molar-refractivity contribution in [2.24, 2.45) is 0 Å². The van der Waals surface area contributed by atoms with E-state index in [1.54, 1.807) is 0 Å². The number of hydrogen-bond acceptors (Lipinski definition) is 5. The first-order valence-electron chi connectivity index (χ1n) is 20.2. The summed E-state index contributed by atoms with van der Waals surface area (Å²) in [6, 6.07) is 59.1. The Bertz CT molecular complexity index is 3500. The van der Waals surface area contributed by atoms with E-state index in [1.165, 1.54) is 11.1 Å². The van der Waals surface area contributed by atoms with Crippen molar-refractivity contribution >= 4 is 60.0 Å². The zero-order chi connectivity index (χ0) is 39.0. The van der Waals surface area contributed by atoms with E-state index in [2.05, 4.69) is 153 Å². The van der Waals surface area contributed by atoms with Crippen LogP contribution in [0.25, 0.3) is 105 Å². The Kier molecular flexibility index (Phi) is 7.51. The van der Waals surface area contributed by atoms with Gasteiger partial charge in [-0.1, -0.05) is 146 Å². The van der Waals surface area contributed by atoms with Gasteiger partial charge in [-0.15, -0.1) is 0 Å². The van der Waals surface area contributed by atoms with Gasteiger partial charge < -0.3 is 8.83 Å². The Labute approximate surface area is 340 Å². The summed E-state index contributed by atoms with van der Waals surface area (Å²) in [5.74, 6) is 3.03. The molecule has 1 unspecified atom stereocenters. The molecule has 1 atom stereocenters. The number of hydrogen-bond donors (Lipinski definition) is 0. The average molecular weight is 758 g/mol. The summed E-state index contributed by atoms with van der Waals surface area (Å²) >= 11 is 0. The van der Waals surface area contributed by atoms with Gasteiger partial charge in [-0.05, 0) is 87.0 Å². The summed E-state index contributed by atoms with van der Waals surface area (Å²) < 4.78 is 13.2. The normalized spacial score (nSPS) is 14.1. The Morgan fingerprint density at radius 3 is 1.93 bits per heavy atom. The zero-order valence-electron chi connectivity index (χ0n) is 32.2. The third-order valence-corrected chi connectivity index (χ3v) is 11.9. The lowest BCUT2D eigenvalue weighted by Crippen LogP contribution is -2.03. The van der Waals surface area contributed by atoms with Crippen LogP contribution in [0.1, 0.15) is 36.1 Å². The fraction of sp³-hybridized carbons (Fsp3) is 0.0556. The lowest BCUT2D eigenvalue weighted by molar-refractivity contribution is 0.581. The molecule has 1 aliphatic carbocycles. The predicted octanol–water partition coefficient (Wildman–Crippen LogP) is 14.4. The van der Waals surface area contributed by atoms with E-state index in [-0.39, 0.29) is 5.92 Å². The van der Waals surface area contributed by atoms with Crippen LogP contribution in [0.5, 0.6) is 0 Å². The SMILES string of the molecule is CC1CC=C(c2ccccc2)c2oc3cccc(-c4cc(-c5nc(-c6ccc7ccccc7c6)nc(-c6cccc7oc8ccccc8c67)n5)cc5ccccc45)c3c21. The quantitative estimate of drug-likeness (QED) is 0.175. The maximum absolute atomic E-state index is 6.83. The van der Waals surface area contributed by atoms with Gasteiger partial charge in [-0.3, -0.25) is 0 Å². The largest absolute Gasteiger partial charge is 0.456 e. The third kappa shape index (κ3) is 5.43. The molecule has 0 N–H and O–H groups in total. The van der Waals surface area contributed by atoms with Crippen molar-refractivity contribution in [2.45, 2.75) is 19.3 Å². The number of allylic oxidation sites excluding steroid dienone is 1. The molecule has 0 aliphatic heterocycles. The van der Waals surface area contributed by atoms with Crippen molar-refractivity contribution < 1.29 is 8.83 Å². The third-order valence-electron chi connectivity index (χ3n) is 11.9. The highest BCUT2D eigenvalue weighted by Gasteiger charge is 2.29. The Morgan fingerprint density at radius 2 is 1.08 bits per heavy atom. The number of nitrogens with zero attached hydrogens (tertiary/aromatic N) is 3. The van der Waals surface area contributed by atoms with Crippen LogP contribution < -0.4 is 0 Å². The van der Waals surface area contributed by atoms with E-state index >= 15 is 0 Å². The molecule has 0 bridgehead atoms. The van der Waals surface area contributed by atoms with Crippen LogP contribution in [-0.4, -0.2) is 15.0 Å². The van der Waals surface area contributed by atoms with Gasteiger partial charge in [0.2, 0.25) is 0 Å². The minimum Gasteiger partial charge on any atom is -0.456 e. The molecule has 0 saturated carbocycles. The van der Waals surface area contributed by atoms with E-state index in [9.17, 15) is 0 Å². The molecule has 278 valence electrons. The summed E-state index contributed by atoms with van der Waals surface area (Å²) in [4.78, 5) is 15.8. The number of aromatic nitrogens is 3. The molecule has 0 spiro atoms. The molecule has 0 saturated heterocycles. The van der Waals surface area contributed by atoms with Gasteiger partial charge in [-0.25, -0.2) is 15.0 Å². The van der Waals surface area contributed by atoms with E-state index in [0.29, 0.717) is 17.5 Å². The molecule has 3 aromatic heterocycles. The molecular weight excluding hydrogens is 723 g/mol. The second-order valence-corrected chi connectivity index (χ2v) is 15.5. The van der Waals surface area contributed by atoms with Crippen LogP contribution in [0.2, 0.25) is 0 Å². The van der Waals surface area contributed by atoms with Crippen LogP contribution in [-0.2, 0) is 0 Å². The molecule has 3 heterocycles. The maximum Gasteiger partial charge on any atom is 0.164 e. The van der Waals surface area contributed by atoms with Crippen molar-refractivity contribution in [1.29, 1.82) is 0 Å². The number of fused-ring (bicyclic) bond motifs is 8. The monoisotopic (exact) mass is 757 g/mol. The first-order valence-corrected chi connectivity index (χ1v) is 20.2. The fourth-order valence-corrected chi connectivity index (χ4v) is 9.15. The first kappa shape index (κ1) is 33.5. The highest BCUT2D eigenvalue weighted by Crippen LogP contribution is 2.48. The number of rotatable bonds is 5. The second kappa shape index (κ2) is 13.2. The van der Waals surface area contributed by atoms with Crippen molar-refractivity contribution in [3.63, 3.8) is 0 Å². The summed E-state index contributed by atoms with van der Waals surface area (Å²) in [6.45, 7) is 2.31. The molecule has 11 aromatic rings. The highest BCUT2D eigenvalue weighted by molar-refractivity contribution is 6.12. The zero-order valence-corrected chi connectivity index (χ0v) is 32.2. The van der Waals surface area contributed by atoms with Crippen molar-refractivity contribution in [2.75, 3.05) is 0 Å². The molecule has 1 aliphatic rings. The maximum atomic E-state index is 6.83. The van der Waals surface area contributed by atoms with Crippen LogP contribution >= 0.6 is 0 Å². The molecule has 0 radical (unpaired) electrons. The lowest BCUT2D eigenvalue weighted by atomic mass is 9.82. The van der Waals surface area contributed by atoms with Gasteiger partial charge in [0, 0.05) is 44.0 Å². The highest BCUT2D eigenvalue weighted by atomic mass is 16.3. The smallest absolute Gasteiger partial charge is 0.164 e. The number of benzene rings is 8. The molecular formula is C54H35N3O2. The van der Waals surface area contributed by atoms with Crippen LogP contribution in [0, 0.1) is 0 Å². The molecule has 5 nitrogen and oxygen atoms in total. The van der Waals surface area contributed by atoms with Gasteiger partial charge in [0.05, 0.1) is 0 Å². The molecule has 12 rings (SSSR count). The fourth-order valence-electron chi connectivity index (χ4n) is 9.15. The van der Waals surface area contributed by atoms with Gasteiger partial charge in [0.25, 0.3) is 0 Å². The predicted molar refractivity (Wildman–Crippen MR) is 240 cm³/mol. The topological polar surface area (TPSA) is 65.0 Å². The summed E-state index contributed by atoms with van der Waals surface area (Å²) in [6.07, 6.45) is 3.27. The van der Waals surface area contributed by atoms with E-state index < -0.39 is 0 Å². The van der Waals surface area contributed by atoms with E-state index in [4.69, 9.17) is 23.8 Å². The average Bonchev–Trinajstić information content (AvgIpc) is 3.89. The molecule has 8 aromatic carbocycles. The van der Waals surface area contributed by atoms with Crippen LogP contribution in [0.3, 0.4) is 0 Å². The summed E-state index contributed by atoms with van der Waals surface area (Å²) in [5, 5.41) is 7.71. The Balaban J connectivity index is 1.11. The van der Waals surface area contributed by atoms with Crippen LogP contribution in [0.4, 0.5) is 0 Å². The number of furan rings is 2. The Hall–Kier alpha value is -7.63. The van der Waals surface area contributed by atoms with Crippen LogP contribution in [0.15, 0.2) is 185 Å². The number of para-hydroxylation sites is 1. The molecule has 59 heavy (non-hydrogen) atoms. The van der Waals surface area contributed by atoms with Gasteiger partial charge in [-0.2, -0.15) is 0 Å². The first-order chi connectivity index (χ1) is 29.1. The molecule has 5 heteroatoms. The van der Waals surface area contributed by atoms with Gasteiger partial charge in [0.1, 0.15) is 22.5 Å². The van der Waals surface area contributed by atoms with E-state index in [1.807, 2.05) is 30.3 Å². The molecule has 0 fully saturated rings. The lowest BCUT2D eigenvalue weighted by Gasteiger charge is -2.20. The van der Waals surface area contributed by atoms with Crippen molar-refractivity contribution in [3.05, 3.63) is 193 Å². The molecule has 0 amide bonds. The minimum atomic E-state index is 0.284. The minimum absolute atomic E-state index is 0.284. The second-order valence-electron chi connectivity index (χ2n) is 15.5. The van der Waals surface area contributed by atoms with E-state index in [0.717, 1.165) is 100 Å². The van der Waals surface area contributed by atoms with Gasteiger partial charge in [0.15, 0.2) is 17.5 Å². The standard InChI is InChI=1S/C54H35N3O2/c1-32-25-28-40(34-14-3-2-4-15-34)51-48(32)50-41(20-11-24-47(50)59-51)44-31-38(30-36-17-7-8-18-39(36)44)53-55-52(37-27-26-33-13-5-6-16-35(33)29-37)56-54(57-53)43-21-12-23-46-49(43)42-19-9-10-22-45(42)58-46/h2-24,26-32H,25H2,1H3. The summed E-state index contributed by atoms with van der Waals surface area (Å²) in [7, 11) is 0. The van der Waals surface area contributed by atoms with Crippen molar-refractivity contribution in [1.82, 2.24) is 15.0 Å². The van der Waals surface area contributed by atoms with Crippen molar-refractivity contribution in [3.8, 4) is 45.3 Å². The summed E-state index contributed by atoms with van der Waals surface area (Å²) in [5.41, 5.74) is 11.0.